The zero-order chi connectivity index (χ0) is 21.0. The Balaban J connectivity index is 2.63. The van der Waals surface area contributed by atoms with Crippen molar-refractivity contribution in [2.24, 2.45) is 5.73 Å². The van der Waals surface area contributed by atoms with Crippen LogP contribution in [0, 0.1) is 0 Å². The van der Waals surface area contributed by atoms with Crippen LogP contribution in [0.3, 0.4) is 0 Å². The third kappa shape index (κ3) is 13.0. The Bertz CT molecular complexity index is 740. The van der Waals surface area contributed by atoms with E-state index in [0.29, 0.717) is 49.8 Å². The molecule has 0 amide bonds. The van der Waals surface area contributed by atoms with E-state index in [4.69, 9.17) is 28.3 Å². The van der Waals surface area contributed by atoms with Crippen molar-refractivity contribution in [1.29, 1.82) is 0 Å². The molecule has 0 fully saturated rings. The monoisotopic (exact) mass is 441 g/mol. The summed E-state index contributed by atoms with van der Waals surface area (Å²) in [5.74, 6) is 0.407. The predicted molar refractivity (Wildman–Crippen MR) is 102 cm³/mol. The van der Waals surface area contributed by atoms with Gasteiger partial charge in [0.15, 0.2) is 0 Å². The zero-order valence-electron chi connectivity index (χ0n) is 16.0. The molecule has 0 aromatic heterocycles. The van der Waals surface area contributed by atoms with E-state index in [0.717, 1.165) is 12.5 Å². The molecule has 1 rings (SSSR count). The summed E-state index contributed by atoms with van der Waals surface area (Å²) in [6.07, 6.45) is 1.88. The highest BCUT2D eigenvalue weighted by molar-refractivity contribution is 7.86. The fourth-order valence-electron chi connectivity index (χ4n) is 1.95. The number of hydrogen-bond acceptors (Lipinski definition) is 10. The van der Waals surface area contributed by atoms with Gasteiger partial charge in [0.05, 0.1) is 52.2 Å². The first-order valence-corrected chi connectivity index (χ1v) is 12.0. The van der Waals surface area contributed by atoms with Crippen LogP contribution in [0.5, 0.6) is 5.75 Å². The average Bonchev–Trinajstić information content (AvgIpc) is 2.59. The second-order valence-electron chi connectivity index (χ2n) is 5.78. The van der Waals surface area contributed by atoms with Gasteiger partial charge in [-0.05, 0) is 23.3 Å². The molecule has 162 valence electrons. The minimum absolute atomic E-state index is 0.211. The van der Waals surface area contributed by atoms with Gasteiger partial charge in [0.2, 0.25) is 0 Å². The molecule has 0 aliphatic rings. The Morgan fingerprint density at radius 2 is 1.21 bits per heavy atom. The van der Waals surface area contributed by atoms with Crippen LogP contribution in [0.15, 0.2) is 18.2 Å². The van der Waals surface area contributed by atoms with Crippen molar-refractivity contribution in [3.8, 4) is 5.75 Å². The second kappa shape index (κ2) is 12.3. The first-order valence-electron chi connectivity index (χ1n) is 8.39. The highest BCUT2D eigenvalue weighted by atomic mass is 32.2. The smallest absolute Gasteiger partial charge is 0.264 e. The van der Waals surface area contributed by atoms with Crippen LogP contribution in [-0.4, -0.2) is 68.9 Å². The van der Waals surface area contributed by atoms with Crippen LogP contribution in [0.25, 0.3) is 0 Å². The van der Waals surface area contributed by atoms with Gasteiger partial charge in [-0.1, -0.05) is 6.07 Å². The third-order valence-electron chi connectivity index (χ3n) is 3.04. The number of rotatable bonds is 15. The van der Waals surface area contributed by atoms with Gasteiger partial charge in [-0.2, -0.15) is 16.8 Å². The number of benzene rings is 1. The van der Waals surface area contributed by atoms with Crippen LogP contribution >= 0.6 is 0 Å². The topological polar surface area (TPSA) is 140 Å². The largest absolute Gasteiger partial charge is 0.491 e. The van der Waals surface area contributed by atoms with E-state index in [2.05, 4.69) is 0 Å². The second-order valence-corrected chi connectivity index (χ2v) is 9.07. The van der Waals surface area contributed by atoms with E-state index in [9.17, 15) is 16.8 Å². The van der Waals surface area contributed by atoms with E-state index < -0.39 is 20.2 Å². The Hall–Kier alpha value is -1.28. The Morgan fingerprint density at radius 1 is 0.750 bits per heavy atom. The fourth-order valence-corrected chi connectivity index (χ4v) is 2.65. The first kappa shape index (κ1) is 24.8. The Kier molecular flexibility index (Phi) is 10.9. The van der Waals surface area contributed by atoms with Crippen molar-refractivity contribution in [2.45, 2.75) is 13.2 Å². The van der Waals surface area contributed by atoms with Gasteiger partial charge in [0, 0.05) is 6.54 Å². The summed E-state index contributed by atoms with van der Waals surface area (Å²) in [6, 6.07) is 4.77. The molecule has 0 saturated carbocycles. The third-order valence-corrected chi connectivity index (χ3v) is 4.13. The molecule has 28 heavy (non-hydrogen) atoms. The molecule has 0 spiro atoms. The van der Waals surface area contributed by atoms with E-state index in [-0.39, 0.29) is 19.8 Å². The molecule has 0 atom stereocenters. The molecule has 0 aliphatic carbocycles. The number of hydrogen-bond donors (Lipinski definition) is 1. The highest BCUT2D eigenvalue weighted by Crippen LogP contribution is 2.20. The lowest BCUT2D eigenvalue weighted by atomic mass is 10.1. The average molecular weight is 442 g/mol. The van der Waals surface area contributed by atoms with Crippen molar-refractivity contribution in [3.63, 3.8) is 0 Å². The minimum Gasteiger partial charge on any atom is -0.491 e. The van der Waals surface area contributed by atoms with E-state index in [1.165, 1.54) is 0 Å². The van der Waals surface area contributed by atoms with Crippen LogP contribution in [-0.2, 0) is 51.3 Å². The fraction of sp³-hybridized carbons (Fsp3) is 0.625. The summed E-state index contributed by atoms with van der Waals surface area (Å²) in [7, 11) is -7.25. The van der Waals surface area contributed by atoms with Crippen molar-refractivity contribution in [3.05, 3.63) is 29.3 Å². The maximum Gasteiger partial charge on any atom is 0.264 e. The van der Waals surface area contributed by atoms with Crippen molar-refractivity contribution in [1.82, 2.24) is 0 Å². The quantitative estimate of drug-likeness (QED) is 0.292. The molecule has 10 nitrogen and oxygen atoms in total. The molecule has 12 heteroatoms. The van der Waals surface area contributed by atoms with Crippen LogP contribution < -0.4 is 10.5 Å². The number of nitrogens with two attached hydrogens (primary N) is 1. The number of ether oxygens (including phenoxy) is 3. The predicted octanol–water partition coefficient (Wildman–Crippen LogP) is 0.00970. The molecule has 1 aromatic carbocycles. The lowest BCUT2D eigenvalue weighted by Gasteiger charge is -2.12. The van der Waals surface area contributed by atoms with E-state index in [1.807, 2.05) is 0 Å². The Labute approximate surface area is 166 Å². The summed E-state index contributed by atoms with van der Waals surface area (Å²) in [5.41, 5.74) is 6.28. The molecule has 2 N–H and O–H groups in total. The molecule has 0 bridgehead atoms. The van der Waals surface area contributed by atoms with Crippen LogP contribution in [0.2, 0.25) is 0 Å². The van der Waals surface area contributed by atoms with Gasteiger partial charge in [-0.25, -0.2) is 0 Å². The van der Waals surface area contributed by atoms with Crippen LogP contribution in [0.1, 0.15) is 11.1 Å². The summed E-state index contributed by atoms with van der Waals surface area (Å²) in [4.78, 5) is 0. The van der Waals surface area contributed by atoms with Crippen molar-refractivity contribution >= 4 is 20.2 Å². The summed E-state index contributed by atoms with van der Waals surface area (Å²) >= 11 is 0. The molecular weight excluding hydrogens is 414 g/mol. The van der Waals surface area contributed by atoms with Gasteiger partial charge in [-0.3, -0.25) is 8.37 Å². The first-order chi connectivity index (χ1) is 13.1. The van der Waals surface area contributed by atoms with Gasteiger partial charge in [-0.15, -0.1) is 0 Å². The van der Waals surface area contributed by atoms with E-state index >= 15 is 0 Å². The molecule has 1 aromatic rings. The van der Waals surface area contributed by atoms with Gasteiger partial charge in [0.1, 0.15) is 12.4 Å². The zero-order valence-corrected chi connectivity index (χ0v) is 17.6. The van der Waals surface area contributed by atoms with Gasteiger partial charge < -0.3 is 19.9 Å². The standard InChI is InChI=1S/C16H27NO9S2/c1-27(18,19)25-12-14-9-15(13-26-28(2,20)21)11-16(10-14)24-8-7-23-6-5-22-4-3-17/h9-11H,3-8,12-13,17H2,1-2H3. The SMILES string of the molecule is CS(=O)(=O)OCc1cc(COS(C)(=O)=O)cc(OCCOCCOCCN)c1. The Morgan fingerprint density at radius 3 is 1.68 bits per heavy atom. The van der Waals surface area contributed by atoms with Crippen molar-refractivity contribution in [2.75, 3.05) is 52.1 Å². The normalized spacial score (nSPS) is 12.2. The van der Waals surface area contributed by atoms with Gasteiger partial charge in [0.25, 0.3) is 20.2 Å². The molecule has 0 unspecified atom stereocenters. The lowest BCUT2D eigenvalue weighted by molar-refractivity contribution is 0.0387. The van der Waals surface area contributed by atoms with Crippen molar-refractivity contribution < 1.29 is 39.4 Å². The summed E-state index contributed by atoms with van der Waals surface area (Å²) in [5, 5.41) is 0. The molecular formula is C16H27NO9S2. The maximum absolute atomic E-state index is 11.2. The molecule has 0 saturated heterocycles. The summed E-state index contributed by atoms with van der Waals surface area (Å²) < 4.78 is 70.4. The maximum atomic E-state index is 11.2. The van der Waals surface area contributed by atoms with E-state index in [1.54, 1.807) is 18.2 Å². The summed E-state index contributed by atoms with van der Waals surface area (Å²) in [6.45, 7) is 1.88. The lowest BCUT2D eigenvalue weighted by Crippen LogP contribution is -2.14. The molecule has 0 aliphatic heterocycles. The molecule has 0 radical (unpaired) electrons. The minimum atomic E-state index is -3.63. The van der Waals surface area contributed by atoms with Crippen LogP contribution in [0.4, 0.5) is 0 Å². The highest BCUT2D eigenvalue weighted by Gasteiger charge is 2.09. The van der Waals surface area contributed by atoms with Gasteiger partial charge >= 0.3 is 0 Å². The molecule has 0 heterocycles.